The van der Waals surface area contributed by atoms with Gasteiger partial charge >= 0.3 is 0 Å². The van der Waals surface area contributed by atoms with Gasteiger partial charge in [0.25, 0.3) is 0 Å². The van der Waals surface area contributed by atoms with Crippen LogP contribution in [0.15, 0.2) is 48.5 Å². The summed E-state index contributed by atoms with van der Waals surface area (Å²) in [6.07, 6.45) is 1.60. The Kier molecular flexibility index (Phi) is 9.49. The third-order valence-corrected chi connectivity index (χ3v) is 2.47. The molecule has 2 aromatic rings. The summed E-state index contributed by atoms with van der Waals surface area (Å²) in [5.41, 5.74) is 2.77. The molecule has 2 heteroatoms. The van der Waals surface area contributed by atoms with Crippen molar-refractivity contribution in [1.29, 1.82) is 0 Å². The van der Waals surface area contributed by atoms with Gasteiger partial charge in [0.1, 0.15) is 0 Å². The van der Waals surface area contributed by atoms with E-state index in [1.807, 2.05) is 52.0 Å². The largest absolute Gasteiger partial charge is 0.298 e. The van der Waals surface area contributed by atoms with Crippen molar-refractivity contribution in [2.45, 2.75) is 27.7 Å². The van der Waals surface area contributed by atoms with Crippen LogP contribution in [0.3, 0.4) is 0 Å². The molecule has 0 unspecified atom stereocenters. The van der Waals surface area contributed by atoms with Crippen molar-refractivity contribution in [3.8, 4) is 11.1 Å². The minimum Gasteiger partial charge on any atom is -0.298 e. The maximum Gasteiger partial charge on any atom is 0.150 e. The summed E-state index contributed by atoms with van der Waals surface area (Å²) < 4.78 is 0. The second-order valence-electron chi connectivity index (χ2n) is 3.41. The Morgan fingerprint density at radius 2 is 0.900 bits per heavy atom. The van der Waals surface area contributed by atoms with Crippen LogP contribution >= 0.6 is 0 Å². The van der Waals surface area contributed by atoms with Gasteiger partial charge in [0.15, 0.2) is 12.6 Å². The zero-order chi connectivity index (χ0) is 15.4. The van der Waals surface area contributed by atoms with Gasteiger partial charge in [0, 0.05) is 11.1 Å². The maximum absolute atomic E-state index is 10.9. The third-order valence-electron chi connectivity index (χ3n) is 2.47. The van der Waals surface area contributed by atoms with Gasteiger partial charge in [-0.05, 0) is 11.1 Å². The molecule has 2 rings (SSSR count). The van der Waals surface area contributed by atoms with E-state index in [9.17, 15) is 9.59 Å². The van der Waals surface area contributed by atoms with Crippen LogP contribution in [0.1, 0.15) is 48.4 Å². The monoisotopic (exact) mass is 270 g/mol. The second-order valence-corrected chi connectivity index (χ2v) is 3.41. The summed E-state index contributed by atoms with van der Waals surface area (Å²) >= 11 is 0. The van der Waals surface area contributed by atoms with Crippen molar-refractivity contribution in [1.82, 2.24) is 0 Å². The number of aldehydes is 2. The Bertz CT molecular complexity index is 481. The van der Waals surface area contributed by atoms with E-state index < -0.39 is 0 Å². The number of hydrogen-bond acceptors (Lipinski definition) is 2. The van der Waals surface area contributed by atoms with E-state index in [-0.39, 0.29) is 0 Å². The van der Waals surface area contributed by atoms with Crippen molar-refractivity contribution < 1.29 is 9.59 Å². The molecule has 0 fully saturated rings. The van der Waals surface area contributed by atoms with E-state index in [0.717, 1.165) is 23.7 Å². The summed E-state index contributed by atoms with van der Waals surface area (Å²) in [6.45, 7) is 8.00. The summed E-state index contributed by atoms with van der Waals surface area (Å²) in [6, 6.07) is 14.5. The van der Waals surface area contributed by atoms with Crippen LogP contribution in [0, 0.1) is 0 Å². The number of rotatable bonds is 3. The molecule has 0 heterocycles. The van der Waals surface area contributed by atoms with E-state index >= 15 is 0 Å². The first-order valence-corrected chi connectivity index (χ1v) is 6.95. The highest BCUT2D eigenvalue weighted by Gasteiger charge is 2.07. The van der Waals surface area contributed by atoms with Crippen molar-refractivity contribution in [2.24, 2.45) is 0 Å². The Labute approximate surface area is 121 Å². The lowest BCUT2D eigenvalue weighted by atomic mass is 9.96. The van der Waals surface area contributed by atoms with Gasteiger partial charge < -0.3 is 0 Å². The molecule has 0 N–H and O–H groups in total. The molecule has 2 nitrogen and oxygen atoms in total. The van der Waals surface area contributed by atoms with E-state index in [4.69, 9.17) is 0 Å². The number of carbonyl (C=O) groups excluding carboxylic acids is 2. The molecule has 0 aromatic heterocycles. The first-order chi connectivity index (χ1) is 9.86. The molecular weight excluding hydrogens is 248 g/mol. The van der Waals surface area contributed by atoms with E-state index in [0.29, 0.717) is 11.1 Å². The van der Waals surface area contributed by atoms with Crippen molar-refractivity contribution in [3.63, 3.8) is 0 Å². The van der Waals surface area contributed by atoms with Crippen LogP contribution in [-0.2, 0) is 0 Å². The molecule has 0 aliphatic rings. The Balaban J connectivity index is 0.000000829. The van der Waals surface area contributed by atoms with Gasteiger partial charge in [0.2, 0.25) is 0 Å². The highest BCUT2D eigenvalue weighted by Crippen LogP contribution is 2.25. The maximum atomic E-state index is 10.9. The van der Waals surface area contributed by atoms with E-state index in [1.54, 1.807) is 24.3 Å². The lowest BCUT2D eigenvalue weighted by Crippen LogP contribution is -1.91. The molecule has 0 atom stereocenters. The van der Waals surface area contributed by atoms with Gasteiger partial charge in [-0.3, -0.25) is 9.59 Å². The van der Waals surface area contributed by atoms with Crippen molar-refractivity contribution >= 4 is 12.6 Å². The highest BCUT2D eigenvalue weighted by molar-refractivity contribution is 5.94. The van der Waals surface area contributed by atoms with Crippen LogP contribution in [0.2, 0.25) is 0 Å². The van der Waals surface area contributed by atoms with Crippen molar-refractivity contribution in [2.75, 3.05) is 0 Å². The summed E-state index contributed by atoms with van der Waals surface area (Å²) in [7, 11) is 0. The van der Waals surface area contributed by atoms with Crippen LogP contribution in [-0.4, -0.2) is 12.6 Å². The minimum atomic E-state index is 0.594. The molecule has 0 radical (unpaired) electrons. The Morgan fingerprint density at radius 1 is 0.600 bits per heavy atom. The predicted molar refractivity (Wildman–Crippen MR) is 85.3 cm³/mol. The number of carbonyl (C=O) groups is 2. The lowest BCUT2D eigenvalue weighted by Gasteiger charge is -2.06. The first-order valence-electron chi connectivity index (χ1n) is 6.95. The molecule has 2 aromatic carbocycles. The molecule has 0 spiro atoms. The molecule has 0 bridgehead atoms. The average Bonchev–Trinajstić information content (AvgIpc) is 2.58. The molecule has 0 amide bonds. The molecule has 0 saturated heterocycles. The molecule has 0 saturated carbocycles. The fraction of sp³-hybridized carbons (Fsp3) is 0.222. The highest BCUT2D eigenvalue weighted by atomic mass is 16.1. The summed E-state index contributed by atoms with van der Waals surface area (Å²) in [5, 5.41) is 0. The van der Waals surface area contributed by atoms with Crippen LogP contribution in [0.5, 0.6) is 0 Å². The zero-order valence-corrected chi connectivity index (χ0v) is 12.6. The van der Waals surface area contributed by atoms with Gasteiger partial charge in [0.05, 0.1) is 0 Å². The SMILES string of the molecule is CC.CC.O=Cc1ccccc1-c1ccccc1C=O. The van der Waals surface area contributed by atoms with Crippen LogP contribution < -0.4 is 0 Å². The third kappa shape index (κ3) is 4.47. The van der Waals surface area contributed by atoms with Crippen molar-refractivity contribution in [3.05, 3.63) is 59.7 Å². The minimum absolute atomic E-state index is 0.594. The quantitative estimate of drug-likeness (QED) is 0.733. The Morgan fingerprint density at radius 3 is 1.20 bits per heavy atom. The topological polar surface area (TPSA) is 34.1 Å². The lowest BCUT2D eigenvalue weighted by molar-refractivity contribution is 0.111. The molecule has 106 valence electrons. The zero-order valence-electron chi connectivity index (χ0n) is 12.6. The first kappa shape index (κ1) is 17.8. The Hall–Kier alpha value is -2.22. The van der Waals surface area contributed by atoms with Gasteiger partial charge in [-0.2, -0.15) is 0 Å². The second kappa shape index (κ2) is 10.7. The standard InChI is InChI=1S/C14H10O2.2C2H6/c15-9-11-5-1-3-7-13(11)14-8-4-2-6-12(14)10-16;2*1-2/h1-10H;2*1-2H3. The smallest absolute Gasteiger partial charge is 0.150 e. The van der Waals surface area contributed by atoms with Gasteiger partial charge in [-0.25, -0.2) is 0 Å². The van der Waals surface area contributed by atoms with Crippen LogP contribution in [0.4, 0.5) is 0 Å². The normalized spacial score (nSPS) is 8.40. The van der Waals surface area contributed by atoms with Crippen LogP contribution in [0.25, 0.3) is 11.1 Å². The molecule has 0 aliphatic heterocycles. The molecular formula is C18H22O2. The molecule has 20 heavy (non-hydrogen) atoms. The average molecular weight is 270 g/mol. The fourth-order valence-corrected chi connectivity index (χ4v) is 1.69. The number of hydrogen-bond donors (Lipinski definition) is 0. The van der Waals surface area contributed by atoms with E-state index in [2.05, 4.69) is 0 Å². The van der Waals surface area contributed by atoms with Gasteiger partial charge in [-0.15, -0.1) is 0 Å². The summed E-state index contributed by atoms with van der Waals surface area (Å²) in [4.78, 5) is 21.8. The predicted octanol–water partition coefficient (Wildman–Crippen LogP) is 5.03. The molecule has 0 aliphatic carbocycles. The van der Waals surface area contributed by atoms with Gasteiger partial charge in [-0.1, -0.05) is 76.2 Å². The number of benzene rings is 2. The summed E-state index contributed by atoms with van der Waals surface area (Å²) in [5.74, 6) is 0. The van der Waals surface area contributed by atoms with E-state index in [1.165, 1.54) is 0 Å². The fourth-order valence-electron chi connectivity index (χ4n) is 1.69.